The van der Waals surface area contributed by atoms with Gasteiger partial charge in [0.15, 0.2) is 5.69 Å². The van der Waals surface area contributed by atoms with Gasteiger partial charge in [0.2, 0.25) is 0 Å². The van der Waals surface area contributed by atoms with Crippen LogP contribution < -0.4 is 5.73 Å². The highest BCUT2D eigenvalue weighted by atomic mass is 19.1. The van der Waals surface area contributed by atoms with Gasteiger partial charge < -0.3 is 5.73 Å². The van der Waals surface area contributed by atoms with Gasteiger partial charge in [0, 0.05) is 5.56 Å². The molecule has 0 aliphatic heterocycles. The highest BCUT2D eigenvalue weighted by Gasteiger charge is 2.15. The Labute approximate surface area is 126 Å². The number of aryl methyl sites for hydroxylation is 1. The molecule has 3 aromatic rings. The lowest BCUT2D eigenvalue weighted by molar-refractivity contribution is 0.0996. The first-order chi connectivity index (χ1) is 10.6. The van der Waals surface area contributed by atoms with E-state index in [1.54, 1.807) is 18.2 Å². The lowest BCUT2D eigenvalue weighted by Crippen LogP contribution is -2.12. The lowest BCUT2D eigenvalue weighted by Gasteiger charge is -2.07. The average Bonchev–Trinajstić information content (AvgIpc) is 3.00. The number of aromatic nitrogens is 3. The van der Waals surface area contributed by atoms with E-state index in [-0.39, 0.29) is 11.5 Å². The van der Waals surface area contributed by atoms with Gasteiger partial charge in [-0.2, -0.15) is 15.4 Å². The molecule has 0 aliphatic carbocycles. The number of carbonyl (C=O) groups is 1. The first-order valence-electron chi connectivity index (χ1n) is 6.64. The fraction of sp³-hybridized carbons (Fsp3) is 0.0625. The summed E-state index contributed by atoms with van der Waals surface area (Å²) >= 11 is 0. The molecular weight excluding hydrogens is 283 g/mol. The molecule has 6 heteroatoms. The van der Waals surface area contributed by atoms with Crippen LogP contribution in [0, 0.1) is 12.7 Å². The van der Waals surface area contributed by atoms with Crippen molar-refractivity contribution in [3.05, 3.63) is 59.5 Å². The molecule has 3 rings (SSSR count). The molecule has 1 heterocycles. The Balaban J connectivity index is 2.01. The first kappa shape index (κ1) is 13.9. The zero-order valence-electron chi connectivity index (χ0n) is 11.8. The van der Waals surface area contributed by atoms with Crippen molar-refractivity contribution >= 4 is 5.91 Å². The Morgan fingerprint density at radius 3 is 2.45 bits per heavy atom. The second-order valence-corrected chi connectivity index (χ2v) is 4.92. The molecule has 1 aromatic heterocycles. The van der Waals surface area contributed by atoms with E-state index < -0.39 is 5.91 Å². The topological polar surface area (TPSA) is 84.7 Å². The minimum Gasteiger partial charge on any atom is -0.364 e. The summed E-state index contributed by atoms with van der Waals surface area (Å²) in [6.07, 6.45) is 0. The molecule has 110 valence electrons. The summed E-state index contributed by atoms with van der Waals surface area (Å²) in [4.78, 5) is 11.3. The molecule has 0 saturated heterocycles. The van der Waals surface area contributed by atoms with Gasteiger partial charge in [-0.05, 0) is 35.7 Å². The van der Waals surface area contributed by atoms with Crippen molar-refractivity contribution in [2.75, 3.05) is 0 Å². The van der Waals surface area contributed by atoms with Crippen molar-refractivity contribution in [3.8, 4) is 22.4 Å². The summed E-state index contributed by atoms with van der Waals surface area (Å²) in [5.41, 5.74) is 9.13. The van der Waals surface area contributed by atoms with Crippen LogP contribution in [0.25, 0.3) is 22.4 Å². The number of benzene rings is 2. The maximum atomic E-state index is 13.4. The monoisotopic (exact) mass is 296 g/mol. The fourth-order valence-electron chi connectivity index (χ4n) is 2.32. The van der Waals surface area contributed by atoms with Crippen molar-refractivity contribution in [1.29, 1.82) is 0 Å². The Hall–Kier alpha value is -3.02. The molecule has 0 atom stereocenters. The van der Waals surface area contributed by atoms with E-state index in [0.29, 0.717) is 11.3 Å². The molecule has 0 radical (unpaired) electrons. The highest BCUT2D eigenvalue weighted by molar-refractivity contribution is 5.96. The van der Waals surface area contributed by atoms with Crippen LogP contribution in [0.2, 0.25) is 0 Å². The third-order valence-electron chi connectivity index (χ3n) is 3.45. The van der Waals surface area contributed by atoms with Gasteiger partial charge in [-0.1, -0.05) is 30.3 Å². The molecule has 0 spiro atoms. The second kappa shape index (κ2) is 5.40. The average molecular weight is 296 g/mol. The van der Waals surface area contributed by atoms with Crippen LogP contribution in [0.4, 0.5) is 4.39 Å². The Bertz CT molecular complexity index is 840. The molecule has 0 saturated carbocycles. The van der Waals surface area contributed by atoms with Gasteiger partial charge in [0.05, 0.1) is 0 Å². The third kappa shape index (κ3) is 2.46. The number of hydrogen-bond donors (Lipinski definition) is 2. The number of nitrogens with one attached hydrogen (secondary N) is 1. The largest absolute Gasteiger partial charge is 0.364 e. The normalized spacial score (nSPS) is 10.6. The number of hydrogen-bond acceptors (Lipinski definition) is 3. The van der Waals surface area contributed by atoms with Crippen LogP contribution in [-0.2, 0) is 0 Å². The summed E-state index contributed by atoms with van der Waals surface area (Å²) in [5.74, 6) is -0.925. The molecule has 0 unspecified atom stereocenters. The number of rotatable bonds is 3. The molecule has 22 heavy (non-hydrogen) atoms. The summed E-state index contributed by atoms with van der Waals surface area (Å²) in [6, 6.07) is 11.9. The van der Waals surface area contributed by atoms with E-state index in [2.05, 4.69) is 15.4 Å². The summed E-state index contributed by atoms with van der Waals surface area (Å²) in [5, 5.41) is 10.1. The van der Waals surface area contributed by atoms with Gasteiger partial charge in [-0.3, -0.25) is 4.79 Å². The molecule has 2 aromatic carbocycles. The lowest BCUT2D eigenvalue weighted by atomic mass is 9.98. The third-order valence-corrected chi connectivity index (χ3v) is 3.45. The van der Waals surface area contributed by atoms with Crippen molar-refractivity contribution in [2.24, 2.45) is 5.73 Å². The quantitative estimate of drug-likeness (QED) is 0.779. The zero-order valence-corrected chi connectivity index (χ0v) is 11.8. The van der Waals surface area contributed by atoms with E-state index in [1.165, 1.54) is 12.1 Å². The number of H-pyrrole nitrogens is 1. The van der Waals surface area contributed by atoms with Crippen molar-refractivity contribution in [2.45, 2.75) is 6.92 Å². The van der Waals surface area contributed by atoms with Crippen molar-refractivity contribution in [1.82, 2.24) is 15.4 Å². The number of carbonyl (C=O) groups excluding carboxylic acids is 1. The number of nitrogens with two attached hydrogens (primary N) is 1. The minimum atomic E-state index is -0.645. The zero-order chi connectivity index (χ0) is 15.7. The van der Waals surface area contributed by atoms with Crippen LogP contribution in [0.5, 0.6) is 0 Å². The van der Waals surface area contributed by atoms with Crippen molar-refractivity contribution < 1.29 is 9.18 Å². The van der Waals surface area contributed by atoms with Gasteiger partial charge in [-0.25, -0.2) is 4.39 Å². The Morgan fingerprint density at radius 1 is 1.09 bits per heavy atom. The van der Waals surface area contributed by atoms with E-state index in [0.717, 1.165) is 16.7 Å². The number of primary amides is 1. The maximum absolute atomic E-state index is 13.4. The Morgan fingerprint density at radius 2 is 1.77 bits per heavy atom. The summed E-state index contributed by atoms with van der Waals surface area (Å²) in [7, 11) is 0. The van der Waals surface area contributed by atoms with Gasteiger partial charge in [-0.15, -0.1) is 0 Å². The molecule has 0 aliphatic rings. The number of halogens is 1. The standard InChI is InChI=1S/C16H13FN4O/c1-9-2-7-12(17)8-13(9)10-3-5-11(6-4-10)14-15(16(18)22)20-21-19-14/h2-8H,1H3,(H2,18,22)(H,19,20,21). The number of amides is 1. The highest BCUT2D eigenvalue weighted by Crippen LogP contribution is 2.27. The fourth-order valence-corrected chi connectivity index (χ4v) is 2.32. The number of aromatic amines is 1. The summed E-state index contributed by atoms with van der Waals surface area (Å²) < 4.78 is 13.4. The SMILES string of the molecule is Cc1ccc(F)cc1-c1ccc(-c2n[nH]nc2C(N)=O)cc1. The molecule has 3 N–H and O–H groups in total. The van der Waals surface area contributed by atoms with E-state index in [9.17, 15) is 9.18 Å². The summed E-state index contributed by atoms with van der Waals surface area (Å²) in [6.45, 7) is 1.92. The van der Waals surface area contributed by atoms with Crippen LogP contribution in [-0.4, -0.2) is 21.3 Å². The van der Waals surface area contributed by atoms with Crippen LogP contribution in [0.15, 0.2) is 42.5 Å². The molecule has 1 amide bonds. The predicted molar refractivity (Wildman–Crippen MR) is 80.5 cm³/mol. The van der Waals surface area contributed by atoms with Gasteiger partial charge >= 0.3 is 0 Å². The molecule has 0 fully saturated rings. The predicted octanol–water partition coefficient (Wildman–Crippen LogP) is 2.69. The minimum absolute atomic E-state index is 0.0923. The van der Waals surface area contributed by atoms with Gasteiger partial charge in [0.1, 0.15) is 11.5 Å². The van der Waals surface area contributed by atoms with Crippen LogP contribution >= 0.6 is 0 Å². The van der Waals surface area contributed by atoms with Crippen LogP contribution in [0.3, 0.4) is 0 Å². The first-order valence-corrected chi connectivity index (χ1v) is 6.64. The second-order valence-electron chi connectivity index (χ2n) is 4.92. The van der Waals surface area contributed by atoms with Crippen molar-refractivity contribution in [3.63, 3.8) is 0 Å². The smallest absolute Gasteiger partial charge is 0.271 e. The molecule has 0 bridgehead atoms. The molecular formula is C16H13FN4O. The van der Waals surface area contributed by atoms with Gasteiger partial charge in [0.25, 0.3) is 5.91 Å². The van der Waals surface area contributed by atoms with Crippen LogP contribution in [0.1, 0.15) is 16.1 Å². The molecule has 5 nitrogen and oxygen atoms in total. The van der Waals surface area contributed by atoms with E-state index in [4.69, 9.17) is 5.73 Å². The number of nitrogens with zero attached hydrogens (tertiary/aromatic N) is 2. The van der Waals surface area contributed by atoms with E-state index >= 15 is 0 Å². The maximum Gasteiger partial charge on any atom is 0.271 e. The van der Waals surface area contributed by atoms with E-state index in [1.807, 2.05) is 19.1 Å². The Kier molecular flexibility index (Phi) is 3.42.